The number of carbonyl (C=O) groups excluding carboxylic acids is 2. The van der Waals surface area contributed by atoms with E-state index in [1.165, 1.54) is 11.6 Å². The lowest BCUT2D eigenvalue weighted by Gasteiger charge is -2.35. The zero-order valence-corrected chi connectivity index (χ0v) is 45.8. The van der Waals surface area contributed by atoms with Gasteiger partial charge in [-0.25, -0.2) is 34.0 Å². The largest absolute Gasteiger partial charge is 0.457 e. The van der Waals surface area contributed by atoms with Crippen LogP contribution in [0.5, 0.6) is 11.5 Å². The number of nitrogens with zero attached hydrogens (tertiary/aromatic N) is 15. The molecule has 12 rings (SSSR count). The molecule has 2 aliphatic rings. The van der Waals surface area contributed by atoms with E-state index >= 15 is 0 Å². The van der Waals surface area contributed by atoms with Gasteiger partial charge in [0.15, 0.2) is 16.7 Å². The number of rotatable bonds is 16. The number of benzene rings is 4. The summed E-state index contributed by atoms with van der Waals surface area (Å²) in [5.41, 5.74) is 12.0. The number of piperazine rings is 2. The van der Waals surface area contributed by atoms with Gasteiger partial charge in [0.05, 0.1) is 22.9 Å². The number of nitrogens with one attached hydrogen (secondary N) is 2. The van der Waals surface area contributed by atoms with Crippen molar-refractivity contribution in [3.8, 4) is 11.5 Å². The molecule has 20 nitrogen and oxygen atoms in total. The quantitative estimate of drug-likeness (QED) is 0.0710. The summed E-state index contributed by atoms with van der Waals surface area (Å²) >= 11 is 0. The number of likely N-dealkylation sites (N-methyl/N-ethyl adjacent to an activating group) is 1. The minimum Gasteiger partial charge on any atom is -0.457 e. The van der Waals surface area contributed by atoms with Crippen LogP contribution in [0.1, 0.15) is 22.3 Å². The summed E-state index contributed by atoms with van der Waals surface area (Å²) < 4.78 is 12.6. The lowest BCUT2D eigenvalue weighted by molar-refractivity contribution is -0.665. The van der Waals surface area contributed by atoms with E-state index in [1.54, 1.807) is 29.6 Å². The van der Waals surface area contributed by atoms with Crippen molar-refractivity contribution in [2.45, 2.75) is 19.9 Å². The minimum absolute atomic E-state index is 0.0155. The van der Waals surface area contributed by atoms with Crippen LogP contribution >= 0.6 is 0 Å². The Balaban J connectivity index is 0.879. The highest BCUT2D eigenvalue weighted by Gasteiger charge is 2.26. The predicted octanol–water partition coefficient (Wildman–Crippen LogP) is 7.62. The first-order valence-electron chi connectivity index (χ1n) is 27.1. The molecule has 0 saturated carbocycles. The summed E-state index contributed by atoms with van der Waals surface area (Å²) in [6.45, 7) is 11.9. The van der Waals surface area contributed by atoms with E-state index in [0.717, 1.165) is 79.1 Å². The summed E-state index contributed by atoms with van der Waals surface area (Å²) in [4.78, 5) is 64.6. The van der Waals surface area contributed by atoms with Crippen molar-refractivity contribution in [2.75, 3.05) is 93.4 Å². The molecule has 2 fully saturated rings. The third-order valence-corrected chi connectivity index (χ3v) is 15.0. The van der Waals surface area contributed by atoms with Gasteiger partial charge in [0.25, 0.3) is 12.1 Å². The number of carbonyl (C=O) groups is 2. The van der Waals surface area contributed by atoms with E-state index in [0.29, 0.717) is 94.1 Å². The van der Waals surface area contributed by atoms with Crippen LogP contribution in [0, 0.1) is 6.92 Å². The molecule has 81 heavy (non-hydrogen) atoms. The van der Waals surface area contributed by atoms with Crippen LogP contribution in [0.2, 0.25) is 0 Å². The molecule has 0 spiro atoms. The second-order valence-electron chi connectivity index (χ2n) is 20.8. The van der Waals surface area contributed by atoms with Gasteiger partial charge in [-0.1, -0.05) is 18.7 Å². The lowest BCUT2D eigenvalue weighted by atomic mass is 10.0. The molecule has 2 aliphatic heterocycles. The molecule has 4 aromatic carbocycles. The molecule has 2 N–H and O–H groups in total. The van der Waals surface area contributed by atoms with E-state index in [4.69, 9.17) is 19.7 Å². The van der Waals surface area contributed by atoms with Crippen LogP contribution in [-0.2, 0) is 29.6 Å². The van der Waals surface area contributed by atoms with Crippen molar-refractivity contribution in [2.24, 2.45) is 7.05 Å². The van der Waals surface area contributed by atoms with Crippen molar-refractivity contribution in [3.05, 3.63) is 176 Å². The molecular formula is C61H62N17O3+. The number of hydrogen-bond donors (Lipinski definition) is 2. The van der Waals surface area contributed by atoms with Gasteiger partial charge in [0.1, 0.15) is 42.3 Å². The van der Waals surface area contributed by atoms with E-state index in [-0.39, 0.29) is 11.8 Å². The zero-order valence-electron chi connectivity index (χ0n) is 45.8. The monoisotopic (exact) mass is 1080 g/mol. The number of aryl methyl sites for hydroxylation is 2. The molecule has 20 heteroatoms. The Bertz CT molecular complexity index is 4040. The van der Waals surface area contributed by atoms with Crippen LogP contribution in [0.25, 0.3) is 38.6 Å². The maximum Gasteiger partial charge on any atom is 0.289 e. The van der Waals surface area contributed by atoms with Gasteiger partial charge in [-0.05, 0) is 140 Å². The summed E-state index contributed by atoms with van der Waals surface area (Å²) in [7, 11) is 5.94. The lowest BCUT2D eigenvalue weighted by Crippen LogP contribution is -2.48. The van der Waals surface area contributed by atoms with E-state index in [9.17, 15) is 9.59 Å². The second kappa shape index (κ2) is 22.5. The van der Waals surface area contributed by atoms with Gasteiger partial charge in [0.2, 0.25) is 11.8 Å². The van der Waals surface area contributed by atoms with Crippen molar-refractivity contribution in [1.82, 2.24) is 58.8 Å². The summed E-state index contributed by atoms with van der Waals surface area (Å²) in [5.74, 6) is 3.30. The third kappa shape index (κ3) is 11.3. The molecule has 6 aromatic heterocycles. The standard InChI is InChI=1S/C61H61N17O3/c1-6-57(79)75-26-22-73(23-27-75)47-12-14-50-49(34-47)60(64-37-62-50)68-46-11-17-54(81-48-13-15-52-51(35-48)65-39-72(52)5)44(33-46)36-77-40-66-61(69-45-10-9-43(41(2)30-45)31-42-19-21-78-56(32-42)63-38-67-78)59-53(77)16-18-55(70-59)74-24-28-76(29-25-74)58(80)8-7-20-71(3)4/h6-19,21,30,32-35,37-40H,1,20,22-29,31,36H2,2-5H3,(H,62,64,68)/p+1/b8-7+. The van der Waals surface area contributed by atoms with Crippen molar-refractivity contribution in [1.29, 1.82) is 0 Å². The Morgan fingerprint density at radius 2 is 1.53 bits per heavy atom. The first kappa shape index (κ1) is 51.9. The van der Waals surface area contributed by atoms with Gasteiger partial charge in [0, 0.05) is 112 Å². The number of fused-ring (bicyclic) bond motifs is 4. The van der Waals surface area contributed by atoms with Crippen molar-refractivity contribution >= 4 is 84.9 Å². The number of amides is 2. The van der Waals surface area contributed by atoms with Gasteiger partial charge < -0.3 is 44.4 Å². The molecule has 0 radical (unpaired) electrons. The fourth-order valence-electron chi connectivity index (χ4n) is 10.6. The number of imidazole rings is 1. The first-order chi connectivity index (χ1) is 39.5. The highest BCUT2D eigenvalue weighted by Crippen LogP contribution is 2.34. The Hall–Kier alpha value is -9.82. The highest BCUT2D eigenvalue weighted by molar-refractivity contribution is 5.94. The molecule has 2 saturated heterocycles. The third-order valence-electron chi connectivity index (χ3n) is 15.0. The number of pyridine rings is 2. The first-order valence-corrected chi connectivity index (χ1v) is 27.1. The molecule has 8 heterocycles. The molecular weight excluding hydrogens is 1020 g/mol. The normalized spacial score (nSPS) is 14.0. The summed E-state index contributed by atoms with van der Waals surface area (Å²) in [5, 5.41) is 12.4. The van der Waals surface area contributed by atoms with Crippen LogP contribution in [0.4, 0.5) is 34.5 Å². The van der Waals surface area contributed by atoms with Crippen LogP contribution in [0.3, 0.4) is 0 Å². The van der Waals surface area contributed by atoms with E-state index in [1.807, 2.05) is 95.4 Å². The van der Waals surface area contributed by atoms with Crippen LogP contribution in [-0.4, -0.2) is 144 Å². The van der Waals surface area contributed by atoms with E-state index < -0.39 is 0 Å². The van der Waals surface area contributed by atoms with E-state index in [2.05, 4.69) is 119 Å². The number of ether oxygens (including phenoxy) is 1. The maximum absolute atomic E-state index is 13.1. The number of aromatic nitrogens is 10. The smallest absolute Gasteiger partial charge is 0.289 e. The SMILES string of the molecule is C=CC(=O)N1CCN(c2ccc3ncnc(Nc4ccc(Oc5ccc6c(c5)ncn6C)c(C[n+]5cnc(Nc6ccc(Cc7ccn8ncnc8c7)c(C)c6)c6nc(N7CCN(C(=O)/C=C/CN(C)C)CC7)ccc65)c4)c3c2)CC1. The molecule has 0 atom stereocenters. The molecule has 2 amide bonds. The number of hydrogen-bond acceptors (Lipinski definition) is 15. The van der Waals surface area contributed by atoms with Crippen molar-refractivity contribution < 1.29 is 18.9 Å². The molecule has 0 unspecified atom stereocenters. The predicted molar refractivity (Wildman–Crippen MR) is 315 cm³/mol. The minimum atomic E-state index is -0.0515. The number of anilines is 6. The van der Waals surface area contributed by atoms with Gasteiger partial charge >= 0.3 is 0 Å². The second-order valence-corrected chi connectivity index (χ2v) is 20.8. The fourth-order valence-corrected chi connectivity index (χ4v) is 10.6. The average Bonchev–Trinajstić information content (AvgIpc) is 4.28. The molecule has 0 aliphatic carbocycles. The molecule has 408 valence electrons. The van der Waals surface area contributed by atoms with Crippen LogP contribution in [0.15, 0.2) is 153 Å². The molecule has 10 aromatic rings. The Morgan fingerprint density at radius 1 is 0.741 bits per heavy atom. The highest BCUT2D eigenvalue weighted by atomic mass is 16.5. The van der Waals surface area contributed by atoms with Gasteiger partial charge in [-0.15, -0.1) is 0 Å². The van der Waals surface area contributed by atoms with Crippen LogP contribution < -0.4 is 29.7 Å². The Labute approximate surface area is 468 Å². The molecule has 0 bridgehead atoms. The Kier molecular flexibility index (Phi) is 14.4. The topological polar surface area (TPSA) is 187 Å². The average molecular weight is 1080 g/mol. The van der Waals surface area contributed by atoms with Crippen molar-refractivity contribution in [3.63, 3.8) is 0 Å². The summed E-state index contributed by atoms with van der Waals surface area (Å²) in [6, 6.07) is 32.9. The summed E-state index contributed by atoms with van der Waals surface area (Å²) in [6.07, 6.45) is 14.4. The maximum atomic E-state index is 13.1. The fraction of sp³-hybridized carbons (Fsp3) is 0.246. The zero-order chi connectivity index (χ0) is 55.6. The van der Waals surface area contributed by atoms with Gasteiger partial charge in [-0.2, -0.15) is 5.10 Å². The Morgan fingerprint density at radius 3 is 2.35 bits per heavy atom. The van der Waals surface area contributed by atoms with Gasteiger partial charge in [-0.3, -0.25) is 9.59 Å².